The van der Waals surface area contributed by atoms with Crippen molar-refractivity contribution in [3.05, 3.63) is 70.2 Å². The highest BCUT2D eigenvalue weighted by Crippen LogP contribution is 2.16. The third-order valence-electron chi connectivity index (χ3n) is 2.68. The molecule has 0 unspecified atom stereocenters. The quantitative estimate of drug-likeness (QED) is 0.779. The second kappa shape index (κ2) is 6.59. The summed E-state index contributed by atoms with van der Waals surface area (Å²) >= 11 is 5.93. The Balaban J connectivity index is 1.96. The van der Waals surface area contributed by atoms with Crippen LogP contribution in [0, 0.1) is 11.6 Å². The molecule has 0 bridgehead atoms. The average molecular weight is 297 g/mol. The van der Waals surface area contributed by atoms with Gasteiger partial charge in [0.05, 0.1) is 12.2 Å². The largest absolute Gasteiger partial charge is 0.369 e. The smallest absolute Gasteiger partial charge is 0.191 e. The van der Waals surface area contributed by atoms with Gasteiger partial charge in [0.2, 0.25) is 0 Å². The Morgan fingerprint density at radius 2 is 1.90 bits per heavy atom. The summed E-state index contributed by atoms with van der Waals surface area (Å²) < 4.78 is 31.5. The minimum Gasteiger partial charge on any atom is -0.369 e. The van der Waals surface area contributed by atoms with E-state index in [1.807, 2.05) is 0 Å². The van der Waals surface area contributed by atoms with Gasteiger partial charge in [-0.15, -0.1) is 0 Å². The van der Waals surface area contributed by atoms with Crippen molar-refractivity contribution in [1.82, 2.24) is 0 Å². The number of carbonyl (C=O) groups excluding carboxylic acids is 1. The molecular weight excluding hydrogens is 286 g/mol. The molecular formula is C15H11ClF2O2. The maximum atomic E-state index is 13.4. The van der Waals surface area contributed by atoms with Crippen LogP contribution in [0.15, 0.2) is 42.5 Å². The van der Waals surface area contributed by atoms with Crippen molar-refractivity contribution in [2.75, 3.05) is 6.61 Å². The molecule has 0 fully saturated rings. The van der Waals surface area contributed by atoms with E-state index >= 15 is 0 Å². The van der Waals surface area contributed by atoms with E-state index in [1.165, 1.54) is 0 Å². The SMILES string of the molecule is O=C(COCc1ccccc1Cl)c1cc(F)ccc1F. The summed E-state index contributed by atoms with van der Waals surface area (Å²) in [7, 11) is 0. The summed E-state index contributed by atoms with van der Waals surface area (Å²) in [6.07, 6.45) is 0. The molecule has 0 N–H and O–H groups in total. The van der Waals surface area contributed by atoms with Gasteiger partial charge in [-0.3, -0.25) is 4.79 Å². The summed E-state index contributed by atoms with van der Waals surface area (Å²) in [6, 6.07) is 9.76. The molecule has 0 spiro atoms. The first-order valence-electron chi connectivity index (χ1n) is 5.87. The third kappa shape index (κ3) is 3.62. The molecule has 2 aromatic rings. The third-order valence-corrected chi connectivity index (χ3v) is 3.05. The first kappa shape index (κ1) is 14.6. The lowest BCUT2D eigenvalue weighted by Gasteiger charge is -2.06. The van der Waals surface area contributed by atoms with Gasteiger partial charge in [-0.1, -0.05) is 29.8 Å². The molecule has 0 aliphatic carbocycles. The van der Waals surface area contributed by atoms with Gasteiger partial charge in [-0.05, 0) is 29.8 Å². The lowest BCUT2D eigenvalue weighted by molar-refractivity contribution is 0.0722. The molecule has 0 aromatic heterocycles. The van der Waals surface area contributed by atoms with E-state index < -0.39 is 17.4 Å². The second-order valence-corrected chi connectivity index (χ2v) is 4.54. The second-order valence-electron chi connectivity index (χ2n) is 4.13. The normalized spacial score (nSPS) is 10.6. The summed E-state index contributed by atoms with van der Waals surface area (Å²) in [4.78, 5) is 11.7. The van der Waals surface area contributed by atoms with Gasteiger partial charge in [0.1, 0.15) is 18.2 Å². The van der Waals surface area contributed by atoms with E-state index in [1.54, 1.807) is 24.3 Å². The summed E-state index contributed by atoms with van der Waals surface area (Å²) in [5, 5.41) is 0.525. The highest BCUT2D eigenvalue weighted by molar-refractivity contribution is 6.31. The molecule has 0 atom stereocenters. The Hall–Kier alpha value is -1.78. The first-order chi connectivity index (χ1) is 9.58. The average Bonchev–Trinajstić information content (AvgIpc) is 2.43. The number of hydrogen-bond acceptors (Lipinski definition) is 2. The van der Waals surface area contributed by atoms with Crippen LogP contribution in [0.5, 0.6) is 0 Å². The summed E-state index contributed by atoms with van der Waals surface area (Å²) in [6.45, 7) is -0.214. The number of carbonyl (C=O) groups is 1. The van der Waals surface area contributed by atoms with Crippen molar-refractivity contribution in [1.29, 1.82) is 0 Å². The van der Waals surface area contributed by atoms with Crippen LogP contribution >= 0.6 is 11.6 Å². The van der Waals surface area contributed by atoms with Crippen LogP contribution in [0.4, 0.5) is 8.78 Å². The maximum Gasteiger partial charge on any atom is 0.191 e. The van der Waals surface area contributed by atoms with Crippen molar-refractivity contribution < 1.29 is 18.3 Å². The number of hydrogen-bond donors (Lipinski definition) is 0. The molecule has 0 aliphatic rings. The fourth-order valence-corrected chi connectivity index (χ4v) is 1.85. The van der Waals surface area contributed by atoms with E-state index in [9.17, 15) is 13.6 Å². The minimum atomic E-state index is -0.766. The van der Waals surface area contributed by atoms with Crippen LogP contribution in [0.2, 0.25) is 5.02 Å². The minimum absolute atomic E-state index is 0.127. The molecule has 2 nitrogen and oxygen atoms in total. The van der Waals surface area contributed by atoms with Crippen molar-refractivity contribution in [3.63, 3.8) is 0 Å². The number of ketones is 1. The van der Waals surface area contributed by atoms with Gasteiger partial charge in [-0.25, -0.2) is 8.78 Å². The van der Waals surface area contributed by atoms with E-state index in [0.717, 1.165) is 23.8 Å². The number of ether oxygens (including phenoxy) is 1. The molecule has 20 heavy (non-hydrogen) atoms. The number of Topliss-reactive ketones (excluding diaryl/α,β-unsaturated/α-hetero) is 1. The molecule has 5 heteroatoms. The summed E-state index contributed by atoms with van der Waals surface area (Å²) in [5.74, 6) is -2.05. The Bertz CT molecular complexity index is 629. The fourth-order valence-electron chi connectivity index (χ4n) is 1.66. The Labute approximate surface area is 119 Å². The fraction of sp³-hybridized carbons (Fsp3) is 0.133. The molecule has 0 aliphatic heterocycles. The zero-order valence-corrected chi connectivity index (χ0v) is 11.2. The first-order valence-corrected chi connectivity index (χ1v) is 6.25. The van der Waals surface area contributed by atoms with E-state index in [-0.39, 0.29) is 18.8 Å². The molecule has 0 heterocycles. The van der Waals surface area contributed by atoms with Gasteiger partial charge in [-0.2, -0.15) is 0 Å². The zero-order valence-electron chi connectivity index (χ0n) is 10.4. The molecule has 0 saturated carbocycles. The van der Waals surface area contributed by atoms with E-state index in [0.29, 0.717) is 5.02 Å². The van der Waals surface area contributed by atoms with Crippen molar-refractivity contribution in [3.8, 4) is 0 Å². The molecule has 2 rings (SSSR count). The lowest BCUT2D eigenvalue weighted by Crippen LogP contribution is -2.11. The number of halogens is 3. The van der Waals surface area contributed by atoms with Gasteiger partial charge in [0.15, 0.2) is 5.78 Å². The van der Waals surface area contributed by atoms with Crippen LogP contribution in [-0.4, -0.2) is 12.4 Å². The van der Waals surface area contributed by atoms with Crippen LogP contribution in [0.1, 0.15) is 15.9 Å². The van der Waals surface area contributed by atoms with Gasteiger partial charge >= 0.3 is 0 Å². The Kier molecular flexibility index (Phi) is 4.82. The Morgan fingerprint density at radius 1 is 1.15 bits per heavy atom. The van der Waals surface area contributed by atoms with Gasteiger partial charge in [0, 0.05) is 5.02 Å². The lowest BCUT2D eigenvalue weighted by atomic mass is 10.1. The number of rotatable bonds is 5. The standard InChI is InChI=1S/C15H11ClF2O2/c16-13-4-2-1-3-10(13)8-20-9-15(19)12-7-11(17)5-6-14(12)18/h1-7H,8-9H2. The van der Waals surface area contributed by atoms with Crippen LogP contribution in [0.25, 0.3) is 0 Å². The van der Waals surface area contributed by atoms with Crippen molar-refractivity contribution in [2.45, 2.75) is 6.61 Å². The maximum absolute atomic E-state index is 13.4. The van der Waals surface area contributed by atoms with Crippen LogP contribution in [-0.2, 0) is 11.3 Å². The topological polar surface area (TPSA) is 26.3 Å². The predicted molar refractivity (Wildman–Crippen MR) is 71.8 cm³/mol. The summed E-state index contributed by atoms with van der Waals surface area (Å²) in [5.41, 5.74) is 0.408. The highest BCUT2D eigenvalue weighted by atomic mass is 35.5. The monoisotopic (exact) mass is 296 g/mol. The van der Waals surface area contributed by atoms with Crippen LogP contribution < -0.4 is 0 Å². The molecule has 0 saturated heterocycles. The Morgan fingerprint density at radius 3 is 2.65 bits per heavy atom. The zero-order chi connectivity index (χ0) is 14.5. The number of benzene rings is 2. The van der Waals surface area contributed by atoms with E-state index in [2.05, 4.69) is 0 Å². The van der Waals surface area contributed by atoms with Crippen LogP contribution in [0.3, 0.4) is 0 Å². The van der Waals surface area contributed by atoms with Crippen molar-refractivity contribution in [2.24, 2.45) is 0 Å². The van der Waals surface area contributed by atoms with Crippen molar-refractivity contribution >= 4 is 17.4 Å². The highest BCUT2D eigenvalue weighted by Gasteiger charge is 2.13. The molecule has 0 amide bonds. The van der Waals surface area contributed by atoms with E-state index in [4.69, 9.17) is 16.3 Å². The van der Waals surface area contributed by atoms with Gasteiger partial charge in [0.25, 0.3) is 0 Å². The van der Waals surface area contributed by atoms with Gasteiger partial charge < -0.3 is 4.74 Å². The molecule has 0 radical (unpaired) electrons. The molecule has 104 valence electrons. The molecule has 2 aromatic carbocycles. The predicted octanol–water partition coefficient (Wildman–Crippen LogP) is 4.02.